The summed E-state index contributed by atoms with van der Waals surface area (Å²) < 4.78 is 35.4. The average molecular weight is 533 g/mol. The molecule has 36 heavy (non-hydrogen) atoms. The van der Waals surface area contributed by atoms with Crippen LogP contribution in [0.15, 0.2) is 52.4 Å². The Morgan fingerprint density at radius 1 is 1.25 bits per heavy atom. The predicted molar refractivity (Wildman–Crippen MR) is 136 cm³/mol. The zero-order valence-electron chi connectivity index (χ0n) is 20.1. The third-order valence-electron chi connectivity index (χ3n) is 6.10. The first-order chi connectivity index (χ1) is 17.2. The number of carbonyl (C=O) groups excluding carboxylic acids is 1. The lowest BCUT2D eigenvalue weighted by Gasteiger charge is -2.30. The summed E-state index contributed by atoms with van der Waals surface area (Å²) in [5.74, 6) is -0.220. The van der Waals surface area contributed by atoms with Crippen LogP contribution in [0.3, 0.4) is 0 Å². The summed E-state index contributed by atoms with van der Waals surface area (Å²) in [6.07, 6.45) is 1.84. The summed E-state index contributed by atoms with van der Waals surface area (Å²) in [6.45, 7) is 6.25. The molecule has 192 valence electrons. The van der Waals surface area contributed by atoms with Crippen molar-refractivity contribution in [2.24, 2.45) is 10.9 Å². The highest BCUT2D eigenvalue weighted by Gasteiger charge is 2.28. The van der Waals surface area contributed by atoms with Crippen molar-refractivity contribution in [1.29, 1.82) is 0 Å². The van der Waals surface area contributed by atoms with Crippen LogP contribution in [0.5, 0.6) is 0 Å². The number of hydrogen-bond donors (Lipinski definition) is 0. The molecule has 0 saturated carbocycles. The molecule has 4 rings (SSSR count). The summed E-state index contributed by atoms with van der Waals surface area (Å²) in [5.41, 5.74) is 0.924. The first-order valence-electron chi connectivity index (χ1n) is 11.8. The molecule has 0 bridgehead atoms. The molecule has 1 amide bonds. The monoisotopic (exact) mass is 532 g/mol. The Labute approximate surface area is 213 Å². The molecule has 0 aliphatic carbocycles. The van der Waals surface area contributed by atoms with Crippen molar-refractivity contribution >= 4 is 43.2 Å². The molecular formula is C24H28N4O6S2. The number of carbonyl (C=O) groups is 1. The van der Waals surface area contributed by atoms with Gasteiger partial charge in [0.1, 0.15) is 0 Å². The molecule has 1 saturated heterocycles. The van der Waals surface area contributed by atoms with Gasteiger partial charge in [-0.2, -0.15) is 9.30 Å². The van der Waals surface area contributed by atoms with E-state index in [4.69, 9.17) is 4.74 Å². The molecule has 1 aromatic heterocycles. The second-order valence-electron chi connectivity index (χ2n) is 8.69. The standard InChI is InChI=1S/C24H28N4O6S2/c1-3-34-14-13-27-21-11-8-19(28(30)31)15-22(21)35-24(27)25-23(29)18-6-9-20(10-7-18)36(32,33)26-12-4-5-17(2)16-26/h6-11,15,17H,3-5,12-14,16H2,1-2H3. The minimum Gasteiger partial charge on any atom is -0.380 e. The number of aromatic nitrogens is 1. The molecular weight excluding hydrogens is 504 g/mol. The van der Waals surface area contributed by atoms with E-state index in [0.717, 1.165) is 12.8 Å². The largest absolute Gasteiger partial charge is 0.380 e. The minimum absolute atomic E-state index is 0.0431. The third kappa shape index (κ3) is 5.56. The maximum absolute atomic E-state index is 13.0. The first kappa shape index (κ1) is 26.1. The molecule has 0 spiro atoms. The fourth-order valence-electron chi connectivity index (χ4n) is 4.21. The van der Waals surface area contributed by atoms with Crippen LogP contribution < -0.4 is 4.80 Å². The number of fused-ring (bicyclic) bond motifs is 1. The number of sulfonamides is 1. The van der Waals surface area contributed by atoms with Gasteiger partial charge in [-0.3, -0.25) is 14.9 Å². The molecule has 3 aromatic rings. The summed E-state index contributed by atoms with van der Waals surface area (Å²) in [6, 6.07) is 10.3. The number of rotatable bonds is 8. The van der Waals surface area contributed by atoms with Crippen LogP contribution in [0, 0.1) is 16.0 Å². The van der Waals surface area contributed by atoms with Crippen LogP contribution in [0.25, 0.3) is 10.2 Å². The summed E-state index contributed by atoms with van der Waals surface area (Å²) in [5, 5.41) is 11.2. The van der Waals surface area contributed by atoms with Crippen molar-refractivity contribution in [3.63, 3.8) is 0 Å². The van der Waals surface area contributed by atoms with Crippen molar-refractivity contribution in [3.8, 4) is 0 Å². The molecule has 12 heteroatoms. The fraction of sp³-hybridized carbons (Fsp3) is 0.417. The van der Waals surface area contributed by atoms with E-state index in [9.17, 15) is 23.3 Å². The van der Waals surface area contributed by atoms with Crippen molar-refractivity contribution < 1.29 is 22.9 Å². The van der Waals surface area contributed by atoms with Crippen molar-refractivity contribution in [3.05, 3.63) is 62.9 Å². The predicted octanol–water partition coefficient (Wildman–Crippen LogP) is 3.81. The van der Waals surface area contributed by atoms with E-state index >= 15 is 0 Å². The SMILES string of the molecule is CCOCCn1c(=NC(=O)c2ccc(S(=O)(=O)N3CCCC(C)C3)cc2)sc2cc([N+](=O)[O-])ccc21. The molecule has 2 aromatic carbocycles. The fourth-order valence-corrected chi connectivity index (χ4v) is 6.90. The van der Waals surface area contributed by atoms with Gasteiger partial charge in [-0.1, -0.05) is 18.3 Å². The molecule has 2 heterocycles. The molecule has 1 fully saturated rings. The van der Waals surface area contributed by atoms with E-state index in [2.05, 4.69) is 4.99 Å². The number of nitro groups is 1. The van der Waals surface area contributed by atoms with Crippen LogP contribution in [-0.4, -0.2) is 54.4 Å². The smallest absolute Gasteiger partial charge is 0.279 e. The van der Waals surface area contributed by atoms with Gasteiger partial charge < -0.3 is 9.30 Å². The van der Waals surface area contributed by atoms with Gasteiger partial charge in [0, 0.05) is 43.9 Å². The van der Waals surface area contributed by atoms with E-state index in [-0.39, 0.29) is 16.1 Å². The van der Waals surface area contributed by atoms with Gasteiger partial charge >= 0.3 is 0 Å². The van der Waals surface area contributed by atoms with Gasteiger partial charge in [-0.05, 0) is 56.0 Å². The summed E-state index contributed by atoms with van der Waals surface area (Å²) in [7, 11) is -3.62. The maximum Gasteiger partial charge on any atom is 0.279 e. The Bertz CT molecular complexity index is 1440. The van der Waals surface area contributed by atoms with E-state index in [1.165, 1.54) is 52.0 Å². The molecule has 1 unspecified atom stereocenters. The van der Waals surface area contributed by atoms with Gasteiger partial charge in [0.05, 0.1) is 26.6 Å². The topological polar surface area (TPSA) is 124 Å². The number of hydrogen-bond acceptors (Lipinski definition) is 7. The Morgan fingerprint density at radius 3 is 2.67 bits per heavy atom. The van der Waals surface area contributed by atoms with Crippen molar-refractivity contribution in [2.45, 2.75) is 38.1 Å². The zero-order chi connectivity index (χ0) is 25.9. The number of nitrogens with zero attached hydrogens (tertiary/aromatic N) is 4. The lowest BCUT2D eigenvalue weighted by Crippen LogP contribution is -2.39. The third-order valence-corrected chi connectivity index (χ3v) is 9.02. The Balaban J connectivity index is 1.64. The molecule has 1 atom stereocenters. The van der Waals surface area contributed by atoms with Crippen LogP contribution in [-0.2, 0) is 21.3 Å². The van der Waals surface area contributed by atoms with Crippen LogP contribution in [0.4, 0.5) is 5.69 Å². The molecule has 1 aliphatic heterocycles. The van der Waals surface area contributed by atoms with E-state index < -0.39 is 20.9 Å². The second-order valence-corrected chi connectivity index (χ2v) is 11.6. The summed E-state index contributed by atoms with van der Waals surface area (Å²) in [4.78, 5) is 28.5. The van der Waals surface area contributed by atoms with Gasteiger partial charge in [-0.25, -0.2) is 8.42 Å². The number of non-ortho nitro benzene ring substituents is 1. The van der Waals surface area contributed by atoms with Crippen molar-refractivity contribution in [2.75, 3.05) is 26.3 Å². The Morgan fingerprint density at radius 2 is 2.00 bits per heavy atom. The van der Waals surface area contributed by atoms with Gasteiger partial charge in [0.25, 0.3) is 11.6 Å². The normalized spacial score (nSPS) is 17.5. The van der Waals surface area contributed by atoms with Crippen LogP contribution in [0.1, 0.15) is 37.0 Å². The lowest BCUT2D eigenvalue weighted by molar-refractivity contribution is -0.384. The number of benzene rings is 2. The van der Waals surface area contributed by atoms with Crippen molar-refractivity contribution in [1.82, 2.24) is 8.87 Å². The zero-order valence-corrected chi connectivity index (χ0v) is 21.8. The first-order valence-corrected chi connectivity index (χ1v) is 14.0. The van der Waals surface area contributed by atoms with E-state index in [0.29, 0.717) is 53.8 Å². The number of amides is 1. The number of nitro benzene ring substituents is 1. The van der Waals surface area contributed by atoms with Gasteiger partial charge in [0.2, 0.25) is 10.0 Å². The molecule has 0 radical (unpaired) electrons. The lowest BCUT2D eigenvalue weighted by atomic mass is 10.0. The second kappa shape index (κ2) is 11.0. The van der Waals surface area contributed by atoms with Crippen LogP contribution in [0.2, 0.25) is 0 Å². The highest BCUT2D eigenvalue weighted by atomic mass is 32.2. The van der Waals surface area contributed by atoms with E-state index in [1.807, 2.05) is 13.8 Å². The quantitative estimate of drug-likeness (QED) is 0.247. The minimum atomic E-state index is -3.62. The number of thiazole rings is 1. The highest BCUT2D eigenvalue weighted by Crippen LogP contribution is 2.25. The summed E-state index contributed by atoms with van der Waals surface area (Å²) >= 11 is 1.18. The van der Waals surface area contributed by atoms with E-state index in [1.54, 1.807) is 10.6 Å². The molecule has 10 nitrogen and oxygen atoms in total. The number of ether oxygens (including phenoxy) is 1. The molecule has 0 N–H and O–H groups in total. The molecule has 1 aliphatic rings. The van der Waals surface area contributed by atoms with Gasteiger partial charge in [0.15, 0.2) is 4.80 Å². The Kier molecular flexibility index (Phi) is 7.98. The average Bonchev–Trinajstić information content (AvgIpc) is 3.20. The Hall–Kier alpha value is -2.93. The number of piperidine rings is 1. The van der Waals surface area contributed by atoms with Gasteiger partial charge in [-0.15, -0.1) is 0 Å². The highest BCUT2D eigenvalue weighted by molar-refractivity contribution is 7.89. The van der Waals surface area contributed by atoms with Crippen LogP contribution >= 0.6 is 11.3 Å². The maximum atomic E-state index is 13.0.